The molecule has 0 amide bonds. The Labute approximate surface area is 116 Å². The lowest BCUT2D eigenvalue weighted by molar-refractivity contribution is -0.135. The van der Waals surface area contributed by atoms with Gasteiger partial charge in [-0.1, -0.05) is 6.07 Å². The third-order valence-corrected chi connectivity index (χ3v) is 3.11. The van der Waals surface area contributed by atoms with E-state index in [0.29, 0.717) is 6.42 Å². The van der Waals surface area contributed by atoms with Gasteiger partial charge in [-0.25, -0.2) is 0 Å². The van der Waals surface area contributed by atoms with Gasteiger partial charge >= 0.3 is 6.18 Å². The zero-order valence-corrected chi connectivity index (χ0v) is 11.2. The molecule has 1 unspecified atom stereocenters. The number of halogens is 3. The van der Waals surface area contributed by atoms with E-state index in [4.69, 9.17) is 0 Å². The Kier molecular flexibility index (Phi) is 4.47. The lowest BCUT2D eigenvalue weighted by atomic mass is 10.1. The maximum Gasteiger partial charge on any atom is 0.389 e. The van der Waals surface area contributed by atoms with Crippen LogP contribution < -0.4 is 5.32 Å². The van der Waals surface area contributed by atoms with E-state index in [1.54, 1.807) is 6.20 Å². The predicted octanol–water partition coefficient (Wildman–Crippen LogP) is 4.77. The molecule has 2 aromatic rings. The van der Waals surface area contributed by atoms with Crippen molar-refractivity contribution in [2.24, 2.45) is 0 Å². The fourth-order valence-electron chi connectivity index (χ4n) is 2.13. The summed E-state index contributed by atoms with van der Waals surface area (Å²) < 4.78 is 36.2. The molecule has 2 nitrogen and oxygen atoms in total. The Hall–Kier alpha value is -1.78. The molecule has 1 atom stereocenters. The fourth-order valence-corrected chi connectivity index (χ4v) is 2.13. The van der Waals surface area contributed by atoms with Gasteiger partial charge in [0.05, 0.1) is 5.52 Å². The molecule has 0 radical (unpaired) electrons. The van der Waals surface area contributed by atoms with Crippen LogP contribution in [0.2, 0.25) is 0 Å². The van der Waals surface area contributed by atoms with E-state index in [1.807, 2.05) is 37.3 Å². The molecule has 0 aliphatic heterocycles. The molecular weight excluding hydrogens is 265 g/mol. The van der Waals surface area contributed by atoms with Crippen LogP contribution in [0.5, 0.6) is 0 Å². The number of hydrogen-bond acceptors (Lipinski definition) is 2. The zero-order chi connectivity index (χ0) is 14.6. The second kappa shape index (κ2) is 6.11. The van der Waals surface area contributed by atoms with Crippen LogP contribution in [0.15, 0.2) is 36.5 Å². The third kappa shape index (κ3) is 4.40. The van der Waals surface area contributed by atoms with Crippen LogP contribution in [-0.4, -0.2) is 17.2 Å². The topological polar surface area (TPSA) is 24.9 Å². The Morgan fingerprint density at radius 2 is 2.05 bits per heavy atom. The van der Waals surface area contributed by atoms with Crippen LogP contribution >= 0.6 is 0 Å². The summed E-state index contributed by atoms with van der Waals surface area (Å²) in [5.41, 5.74) is 1.81. The Morgan fingerprint density at radius 3 is 2.80 bits per heavy atom. The monoisotopic (exact) mass is 282 g/mol. The largest absolute Gasteiger partial charge is 0.389 e. The lowest BCUT2D eigenvalue weighted by Crippen LogP contribution is -2.16. The zero-order valence-electron chi connectivity index (χ0n) is 11.2. The minimum Gasteiger partial charge on any atom is -0.383 e. The molecule has 0 fully saturated rings. The van der Waals surface area contributed by atoms with Crippen molar-refractivity contribution in [1.82, 2.24) is 4.98 Å². The smallest absolute Gasteiger partial charge is 0.383 e. The molecule has 0 saturated heterocycles. The van der Waals surface area contributed by atoms with Crippen LogP contribution in [-0.2, 0) is 0 Å². The number of fused-ring (bicyclic) bond motifs is 1. The van der Waals surface area contributed by atoms with Crippen LogP contribution in [0, 0.1) is 0 Å². The fraction of sp³-hybridized carbons (Fsp3) is 0.400. The predicted molar refractivity (Wildman–Crippen MR) is 74.7 cm³/mol. The van der Waals surface area contributed by atoms with Crippen molar-refractivity contribution in [3.05, 3.63) is 36.5 Å². The number of alkyl halides is 3. The van der Waals surface area contributed by atoms with Crippen LogP contribution in [0.1, 0.15) is 26.2 Å². The lowest BCUT2D eigenvalue weighted by Gasteiger charge is -2.16. The van der Waals surface area contributed by atoms with E-state index in [-0.39, 0.29) is 12.5 Å². The van der Waals surface area contributed by atoms with Gasteiger partial charge in [-0.3, -0.25) is 4.98 Å². The number of anilines is 1. The third-order valence-electron chi connectivity index (χ3n) is 3.11. The minimum atomic E-state index is -4.06. The maximum atomic E-state index is 12.1. The highest BCUT2D eigenvalue weighted by Crippen LogP contribution is 2.23. The quantitative estimate of drug-likeness (QED) is 0.854. The molecule has 5 heteroatoms. The van der Waals surface area contributed by atoms with Crippen LogP contribution in [0.3, 0.4) is 0 Å². The number of hydrogen-bond donors (Lipinski definition) is 1. The molecular formula is C15H17F3N2. The number of nitrogens with zero attached hydrogens (tertiary/aromatic N) is 1. The van der Waals surface area contributed by atoms with Gasteiger partial charge in [0.2, 0.25) is 0 Å². The maximum absolute atomic E-state index is 12.1. The average Bonchev–Trinajstić information content (AvgIpc) is 2.37. The molecule has 1 aromatic carbocycles. The van der Waals surface area contributed by atoms with Crippen molar-refractivity contribution in [1.29, 1.82) is 0 Å². The minimum absolute atomic E-state index is 0.00599. The number of nitrogens with one attached hydrogen (secondary N) is 1. The van der Waals surface area contributed by atoms with Gasteiger partial charge in [0.15, 0.2) is 0 Å². The van der Waals surface area contributed by atoms with Gasteiger partial charge in [-0.2, -0.15) is 13.2 Å². The van der Waals surface area contributed by atoms with E-state index in [0.717, 1.165) is 16.6 Å². The molecule has 0 saturated carbocycles. The Bertz CT molecular complexity index is 566. The van der Waals surface area contributed by atoms with Crippen molar-refractivity contribution in [3.63, 3.8) is 0 Å². The first-order valence-corrected chi connectivity index (χ1v) is 6.62. The van der Waals surface area contributed by atoms with E-state index in [2.05, 4.69) is 10.3 Å². The van der Waals surface area contributed by atoms with Gasteiger partial charge < -0.3 is 5.32 Å². The molecule has 1 aromatic heterocycles. The molecule has 1 N–H and O–H groups in total. The van der Waals surface area contributed by atoms with E-state index in [9.17, 15) is 13.2 Å². The van der Waals surface area contributed by atoms with Gasteiger partial charge in [0.1, 0.15) is 0 Å². The summed E-state index contributed by atoms with van der Waals surface area (Å²) in [5, 5.41) is 4.24. The van der Waals surface area contributed by atoms with Gasteiger partial charge in [0.25, 0.3) is 0 Å². The number of benzene rings is 1. The van der Waals surface area contributed by atoms with Crippen molar-refractivity contribution >= 4 is 16.6 Å². The second-order valence-corrected chi connectivity index (χ2v) is 4.96. The molecule has 2 rings (SSSR count). The number of rotatable bonds is 5. The van der Waals surface area contributed by atoms with E-state index < -0.39 is 12.6 Å². The molecule has 0 spiro atoms. The molecule has 20 heavy (non-hydrogen) atoms. The highest BCUT2D eigenvalue weighted by Gasteiger charge is 2.26. The standard InChI is InChI=1S/C15H17F3N2/c1-11(4-2-8-15(16,17)18)20-13-6-7-14-12(10-13)5-3-9-19-14/h3,5-7,9-11,20H,2,4,8H2,1H3. The molecule has 0 bridgehead atoms. The molecule has 1 heterocycles. The summed E-state index contributed by atoms with van der Waals surface area (Å²) in [5.74, 6) is 0. The molecule has 108 valence electrons. The summed E-state index contributed by atoms with van der Waals surface area (Å²) >= 11 is 0. The van der Waals surface area contributed by atoms with E-state index in [1.165, 1.54) is 0 Å². The first-order chi connectivity index (χ1) is 9.44. The highest BCUT2D eigenvalue weighted by atomic mass is 19.4. The first kappa shape index (κ1) is 14.6. The number of aromatic nitrogens is 1. The second-order valence-electron chi connectivity index (χ2n) is 4.96. The summed E-state index contributed by atoms with van der Waals surface area (Å²) in [6.45, 7) is 1.89. The normalized spacial score (nSPS) is 13.4. The SMILES string of the molecule is CC(CCCC(F)(F)F)Nc1ccc2ncccc2c1. The van der Waals surface area contributed by atoms with E-state index >= 15 is 0 Å². The number of pyridine rings is 1. The Balaban J connectivity index is 1.91. The molecule has 0 aliphatic rings. The van der Waals surface area contributed by atoms with Crippen molar-refractivity contribution in [2.75, 3.05) is 5.32 Å². The van der Waals surface area contributed by atoms with Crippen LogP contribution in [0.4, 0.5) is 18.9 Å². The van der Waals surface area contributed by atoms with Crippen LogP contribution in [0.25, 0.3) is 10.9 Å². The van der Waals surface area contributed by atoms with Crippen molar-refractivity contribution < 1.29 is 13.2 Å². The van der Waals surface area contributed by atoms with Crippen molar-refractivity contribution in [3.8, 4) is 0 Å². The summed E-state index contributed by atoms with van der Waals surface area (Å²) in [6, 6.07) is 9.59. The highest BCUT2D eigenvalue weighted by molar-refractivity contribution is 5.82. The van der Waals surface area contributed by atoms with Crippen molar-refractivity contribution in [2.45, 2.75) is 38.4 Å². The summed E-state index contributed by atoms with van der Waals surface area (Å²) in [4.78, 5) is 4.23. The first-order valence-electron chi connectivity index (χ1n) is 6.62. The molecule has 0 aliphatic carbocycles. The summed E-state index contributed by atoms with van der Waals surface area (Å²) in [6.07, 6.45) is -2.42. The van der Waals surface area contributed by atoms with Gasteiger partial charge in [-0.05, 0) is 44.0 Å². The van der Waals surface area contributed by atoms with Gasteiger partial charge in [0, 0.05) is 29.7 Å². The van der Waals surface area contributed by atoms with Gasteiger partial charge in [-0.15, -0.1) is 0 Å². The Morgan fingerprint density at radius 1 is 1.25 bits per heavy atom. The average molecular weight is 282 g/mol. The summed E-state index contributed by atoms with van der Waals surface area (Å²) in [7, 11) is 0.